The van der Waals surface area contributed by atoms with Crippen molar-refractivity contribution in [2.75, 3.05) is 51.3 Å². The van der Waals surface area contributed by atoms with Crippen molar-refractivity contribution in [1.29, 1.82) is 0 Å². The number of halogens is 1. The van der Waals surface area contributed by atoms with Gasteiger partial charge in [-0.05, 0) is 30.7 Å². The summed E-state index contributed by atoms with van der Waals surface area (Å²) in [5, 5.41) is 2.60. The molecule has 6 nitrogen and oxygen atoms in total. The van der Waals surface area contributed by atoms with Crippen LogP contribution in [0.1, 0.15) is 6.42 Å². The summed E-state index contributed by atoms with van der Waals surface area (Å²) in [4.78, 5) is 27.5. The minimum absolute atomic E-state index is 0.271. The van der Waals surface area contributed by atoms with Crippen LogP contribution in [0.4, 0.5) is 10.1 Å². The van der Waals surface area contributed by atoms with E-state index in [1.165, 1.54) is 12.1 Å². The summed E-state index contributed by atoms with van der Waals surface area (Å²) in [7, 11) is 1.59. The first-order valence-electron chi connectivity index (χ1n) is 7.68. The van der Waals surface area contributed by atoms with Gasteiger partial charge in [-0.1, -0.05) is 0 Å². The average molecular weight is 323 g/mol. The number of carbonyl (C=O) groups excluding carboxylic acids is 2. The van der Waals surface area contributed by atoms with E-state index >= 15 is 0 Å². The lowest BCUT2D eigenvalue weighted by atomic mass is 10.2. The van der Waals surface area contributed by atoms with E-state index in [2.05, 4.69) is 10.2 Å². The number of ether oxygens (including phenoxy) is 1. The van der Waals surface area contributed by atoms with Gasteiger partial charge in [0.1, 0.15) is 5.82 Å². The van der Waals surface area contributed by atoms with E-state index in [0.717, 1.165) is 5.69 Å². The predicted molar refractivity (Wildman–Crippen MR) is 84.7 cm³/mol. The van der Waals surface area contributed by atoms with E-state index in [1.54, 1.807) is 24.1 Å². The standard InChI is InChI=1S/C16H22FN3O3/c1-23-12-2-7-18-15(21)16(22)20-10-8-19(9-11-20)14-5-3-13(17)4-6-14/h3-6H,2,7-12H2,1H3,(H,18,21). The van der Waals surface area contributed by atoms with Crippen LogP contribution in [0, 0.1) is 5.82 Å². The van der Waals surface area contributed by atoms with Crippen LogP contribution in [-0.4, -0.2) is 63.2 Å². The van der Waals surface area contributed by atoms with Gasteiger partial charge in [0.05, 0.1) is 0 Å². The Hall–Kier alpha value is -2.15. The molecule has 1 aromatic rings. The zero-order valence-electron chi connectivity index (χ0n) is 13.3. The van der Waals surface area contributed by atoms with Gasteiger partial charge in [0.2, 0.25) is 0 Å². The minimum Gasteiger partial charge on any atom is -0.385 e. The van der Waals surface area contributed by atoms with Crippen molar-refractivity contribution in [3.8, 4) is 0 Å². The van der Waals surface area contributed by atoms with Crippen LogP contribution in [0.2, 0.25) is 0 Å². The summed E-state index contributed by atoms with van der Waals surface area (Å²) in [6.07, 6.45) is 0.674. The molecule has 2 rings (SSSR count). The van der Waals surface area contributed by atoms with Crippen LogP contribution in [0.25, 0.3) is 0 Å². The Labute approximate surface area is 135 Å². The van der Waals surface area contributed by atoms with Crippen LogP contribution >= 0.6 is 0 Å². The summed E-state index contributed by atoms with van der Waals surface area (Å²) in [6.45, 7) is 3.16. The lowest BCUT2D eigenvalue weighted by molar-refractivity contribution is -0.146. The molecule has 1 aliphatic rings. The maximum absolute atomic E-state index is 12.9. The second-order valence-corrected chi connectivity index (χ2v) is 5.36. The number of methoxy groups -OCH3 is 1. The van der Waals surface area contributed by atoms with E-state index in [9.17, 15) is 14.0 Å². The molecule has 0 aliphatic carbocycles. The second-order valence-electron chi connectivity index (χ2n) is 5.36. The van der Waals surface area contributed by atoms with Crippen molar-refractivity contribution in [2.45, 2.75) is 6.42 Å². The van der Waals surface area contributed by atoms with Gasteiger partial charge >= 0.3 is 11.8 Å². The molecule has 2 amide bonds. The van der Waals surface area contributed by atoms with Crippen LogP contribution in [0.5, 0.6) is 0 Å². The van der Waals surface area contributed by atoms with E-state index in [-0.39, 0.29) is 5.82 Å². The molecule has 0 spiro atoms. The Morgan fingerprint density at radius 3 is 2.43 bits per heavy atom. The lowest BCUT2D eigenvalue weighted by Gasteiger charge is -2.35. The Kier molecular flexibility index (Phi) is 6.34. The SMILES string of the molecule is COCCCNC(=O)C(=O)N1CCN(c2ccc(F)cc2)CC1. The number of hydrogen-bond donors (Lipinski definition) is 1. The third-order valence-electron chi connectivity index (χ3n) is 3.76. The van der Waals surface area contributed by atoms with Gasteiger partial charge in [-0.2, -0.15) is 0 Å². The molecule has 1 aromatic carbocycles. The van der Waals surface area contributed by atoms with Crippen molar-refractivity contribution >= 4 is 17.5 Å². The fourth-order valence-electron chi connectivity index (χ4n) is 2.46. The molecule has 0 atom stereocenters. The van der Waals surface area contributed by atoms with Gasteiger partial charge in [0.25, 0.3) is 0 Å². The van der Waals surface area contributed by atoms with Crippen molar-refractivity contribution in [3.05, 3.63) is 30.1 Å². The Balaban J connectivity index is 1.78. The van der Waals surface area contributed by atoms with E-state index in [0.29, 0.717) is 45.8 Å². The first-order chi connectivity index (χ1) is 11.1. The number of nitrogens with zero attached hydrogens (tertiary/aromatic N) is 2. The topological polar surface area (TPSA) is 61.9 Å². The Bertz CT molecular complexity index is 528. The van der Waals surface area contributed by atoms with E-state index in [1.807, 2.05) is 0 Å². The molecule has 1 saturated heterocycles. The molecule has 0 saturated carbocycles. The maximum Gasteiger partial charge on any atom is 0.312 e. The highest BCUT2D eigenvalue weighted by Gasteiger charge is 2.25. The molecular formula is C16H22FN3O3. The van der Waals surface area contributed by atoms with Crippen LogP contribution in [-0.2, 0) is 14.3 Å². The maximum atomic E-state index is 12.9. The Morgan fingerprint density at radius 1 is 1.17 bits per heavy atom. The van der Waals surface area contributed by atoms with E-state index < -0.39 is 11.8 Å². The number of benzene rings is 1. The molecule has 126 valence electrons. The van der Waals surface area contributed by atoms with Gasteiger partial charge in [-0.25, -0.2) is 4.39 Å². The lowest BCUT2D eigenvalue weighted by Crippen LogP contribution is -2.52. The zero-order chi connectivity index (χ0) is 16.7. The summed E-state index contributed by atoms with van der Waals surface area (Å²) in [5.41, 5.74) is 0.919. The molecule has 23 heavy (non-hydrogen) atoms. The molecule has 1 aliphatic heterocycles. The molecule has 0 unspecified atom stereocenters. The van der Waals surface area contributed by atoms with Crippen molar-refractivity contribution in [1.82, 2.24) is 10.2 Å². The molecule has 1 heterocycles. The van der Waals surface area contributed by atoms with Crippen molar-refractivity contribution in [2.24, 2.45) is 0 Å². The van der Waals surface area contributed by atoms with Gasteiger partial charge in [0, 0.05) is 52.1 Å². The first kappa shape index (κ1) is 17.2. The molecular weight excluding hydrogens is 301 g/mol. The molecule has 7 heteroatoms. The Morgan fingerprint density at radius 2 is 1.83 bits per heavy atom. The highest BCUT2D eigenvalue weighted by atomic mass is 19.1. The predicted octanol–water partition coefficient (Wildman–Crippen LogP) is 0.627. The monoisotopic (exact) mass is 323 g/mol. The normalized spacial score (nSPS) is 14.7. The number of amides is 2. The molecule has 1 fully saturated rings. The molecule has 0 bridgehead atoms. The van der Waals surface area contributed by atoms with Crippen molar-refractivity contribution in [3.63, 3.8) is 0 Å². The number of carbonyl (C=O) groups is 2. The average Bonchev–Trinajstić information content (AvgIpc) is 2.59. The third-order valence-corrected chi connectivity index (χ3v) is 3.76. The number of piperazine rings is 1. The number of nitrogens with one attached hydrogen (secondary N) is 1. The van der Waals surface area contributed by atoms with Crippen molar-refractivity contribution < 1.29 is 18.7 Å². The number of hydrogen-bond acceptors (Lipinski definition) is 4. The molecule has 0 aromatic heterocycles. The third kappa shape index (κ3) is 4.92. The smallest absolute Gasteiger partial charge is 0.312 e. The summed E-state index contributed by atoms with van der Waals surface area (Å²) in [6, 6.07) is 6.27. The van der Waals surface area contributed by atoms with Crippen LogP contribution < -0.4 is 10.2 Å². The number of rotatable bonds is 5. The zero-order valence-corrected chi connectivity index (χ0v) is 13.3. The van der Waals surface area contributed by atoms with Gasteiger partial charge in [-0.3, -0.25) is 9.59 Å². The molecule has 1 N–H and O–H groups in total. The highest BCUT2D eigenvalue weighted by Crippen LogP contribution is 2.16. The minimum atomic E-state index is -0.573. The van der Waals surface area contributed by atoms with Crippen LogP contribution in [0.15, 0.2) is 24.3 Å². The summed E-state index contributed by atoms with van der Waals surface area (Å²) >= 11 is 0. The van der Waals surface area contributed by atoms with Gasteiger partial charge in [0.15, 0.2) is 0 Å². The van der Waals surface area contributed by atoms with Gasteiger partial charge in [-0.15, -0.1) is 0 Å². The summed E-state index contributed by atoms with van der Waals surface area (Å²) in [5.74, 6) is -1.34. The largest absolute Gasteiger partial charge is 0.385 e. The van der Waals surface area contributed by atoms with Gasteiger partial charge < -0.3 is 19.9 Å². The quantitative estimate of drug-likeness (QED) is 0.638. The molecule has 0 radical (unpaired) electrons. The first-order valence-corrected chi connectivity index (χ1v) is 7.68. The fourth-order valence-corrected chi connectivity index (χ4v) is 2.46. The highest BCUT2D eigenvalue weighted by molar-refractivity contribution is 6.35. The number of anilines is 1. The fraction of sp³-hybridized carbons (Fsp3) is 0.500. The summed E-state index contributed by atoms with van der Waals surface area (Å²) < 4.78 is 17.8. The van der Waals surface area contributed by atoms with E-state index in [4.69, 9.17) is 4.74 Å². The van der Waals surface area contributed by atoms with Crippen LogP contribution in [0.3, 0.4) is 0 Å². The second kappa shape index (κ2) is 8.47.